The van der Waals surface area contributed by atoms with Crippen LogP contribution in [0.3, 0.4) is 0 Å². The maximum absolute atomic E-state index is 12.8. The fourth-order valence-electron chi connectivity index (χ4n) is 3.39. The number of carbonyl (C=O) groups excluding carboxylic acids is 1. The van der Waals surface area contributed by atoms with Crippen LogP contribution in [0.15, 0.2) is 65.7 Å². The van der Waals surface area contributed by atoms with Crippen molar-refractivity contribution in [1.29, 1.82) is 0 Å². The number of benzene rings is 2. The van der Waals surface area contributed by atoms with Crippen molar-refractivity contribution in [2.24, 2.45) is 0 Å². The second-order valence-corrected chi connectivity index (χ2v) is 9.00. The number of likely N-dealkylation sites (N-methyl/N-ethyl adjacent to an activating group) is 1. The van der Waals surface area contributed by atoms with Crippen molar-refractivity contribution in [3.63, 3.8) is 0 Å². The molecule has 1 aliphatic heterocycles. The quantitative estimate of drug-likeness (QED) is 0.714. The standard InChI is InChI=1S/C21H22N4O3S/c1-24-12-14-25(15-13-24)29(27,28)17-9-7-16(8-10-17)23-21(26)19-4-2-6-20-18(19)5-3-11-22-20/h2-11H,12-15H2,1H3,(H,23,26). The summed E-state index contributed by atoms with van der Waals surface area (Å²) in [5.74, 6) is -0.265. The normalized spacial score (nSPS) is 16.0. The van der Waals surface area contributed by atoms with Crippen molar-refractivity contribution in [3.05, 3.63) is 66.4 Å². The highest BCUT2D eigenvalue weighted by atomic mass is 32.2. The Labute approximate surface area is 170 Å². The van der Waals surface area contributed by atoms with E-state index >= 15 is 0 Å². The molecule has 1 aromatic heterocycles. The van der Waals surface area contributed by atoms with E-state index in [1.165, 1.54) is 16.4 Å². The number of nitrogens with one attached hydrogen (secondary N) is 1. The minimum absolute atomic E-state index is 0.231. The van der Waals surface area contributed by atoms with Gasteiger partial charge in [0.2, 0.25) is 10.0 Å². The molecule has 0 aliphatic carbocycles. The summed E-state index contributed by atoms with van der Waals surface area (Å²) in [5, 5.41) is 3.60. The molecule has 0 spiro atoms. The van der Waals surface area contributed by atoms with Gasteiger partial charge in [-0.25, -0.2) is 8.42 Å². The number of nitrogens with zero attached hydrogens (tertiary/aromatic N) is 3. The minimum atomic E-state index is -3.53. The lowest BCUT2D eigenvalue weighted by atomic mass is 10.1. The first-order valence-electron chi connectivity index (χ1n) is 9.39. The number of fused-ring (bicyclic) bond motifs is 1. The van der Waals surface area contributed by atoms with E-state index < -0.39 is 10.0 Å². The number of hydrogen-bond donors (Lipinski definition) is 1. The van der Waals surface area contributed by atoms with Crippen molar-refractivity contribution in [3.8, 4) is 0 Å². The van der Waals surface area contributed by atoms with E-state index in [2.05, 4.69) is 15.2 Å². The van der Waals surface area contributed by atoms with Crippen molar-refractivity contribution >= 4 is 32.5 Å². The second-order valence-electron chi connectivity index (χ2n) is 7.06. The molecule has 1 N–H and O–H groups in total. The molecule has 3 aromatic rings. The largest absolute Gasteiger partial charge is 0.322 e. The zero-order chi connectivity index (χ0) is 20.4. The molecular weight excluding hydrogens is 388 g/mol. The molecule has 150 valence electrons. The second kappa shape index (κ2) is 7.90. The fraction of sp³-hybridized carbons (Fsp3) is 0.238. The van der Waals surface area contributed by atoms with E-state index in [0.717, 1.165) is 10.9 Å². The SMILES string of the molecule is CN1CCN(S(=O)(=O)c2ccc(NC(=O)c3cccc4ncccc34)cc2)CC1. The van der Waals surface area contributed by atoms with E-state index in [1.807, 2.05) is 19.2 Å². The van der Waals surface area contributed by atoms with Gasteiger partial charge in [0.25, 0.3) is 5.91 Å². The minimum Gasteiger partial charge on any atom is -0.322 e. The topological polar surface area (TPSA) is 82.6 Å². The van der Waals surface area contributed by atoms with Crippen LogP contribution >= 0.6 is 0 Å². The third-order valence-electron chi connectivity index (χ3n) is 5.10. The van der Waals surface area contributed by atoms with Crippen LogP contribution in [0.25, 0.3) is 10.9 Å². The molecule has 2 heterocycles. The van der Waals surface area contributed by atoms with Crippen molar-refractivity contribution in [2.45, 2.75) is 4.90 Å². The summed E-state index contributed by atoms with van der Waals surface area (Å²) in [6.07, 6.45) is 1.68. The molecule has 2 aromatic carbocycles. The van der Waals surface area contributed by atoms with Crippen LogP contribution in [0.4, 0.5) is 5.69 Å². The van der Waals surface area contributed by atoms with Gasteiger partial charge in [-0.3, -0.25) is 9.78 Å². The zero-order valence-electron chi connectivity index (χ0n) is 16.1. The van der Waals surface area contributed by atoms with Crippen molar-refractivity contribution in [2.75, 3.05) is 38.5 Å². The summed E-state index contributed by atoms with van der Waals surface area (Å²) >= 11 is 0. The number of sulfonamides is 1. The van der Waals surface area contributed by atoms with Crippen LogP contribution < -0.4 is 5.32 Å². The smallest absolute Gasteiger partial charge is 0.256 e. The number of hydrogen-bond acceptors (Lipinski definition) is 5. The maximum Gasteiger partial charge on any atom is 0.256 e. The van der Waals surface area contributed by atoms with Gasteiger partial charge < -0.3 is 10.2 Å². The molecule has 1 fully saturated rings. The Kier molecular flexibility index (Phi) is 5.31. The Morgan fingerprint density at radius 1 is 0.966 bits per heavy atom. The van der Waals surface area contributed by atoms with Gasteiger partial charge in [-0.05, 0) is 49.5 Å². The molecule has 0 saturated carbocycles. The van der Waals surface area contributed by atoms with E-state index in [9.17, 15) is 13.2 Å². The van der Waals surface area contributed by atoms with Crippen LogP contribution in [0.5, 0.6) is 0 Å². The van der Waals surface area contributed by atoms with Crippen molar-refractivity contribution in [1.82, 2.24) is 14.2 Å². The molecule has 0 unspecified atom stereocenters. The predicted molar refractivity (Wildman–Crippen MR) is 112 cm³/mol. The molecule has 7 nitrogen and oxygen atoms in total. The molecule has 0 atom stereocenters. The Bertz CT molecular complexity index is 1130. The van der Waals surface area contributed by atoms with Crippen molar-refractivity contribution < 1.29 is 13.2 Å². The average Bonchev–Trinajstić information content (AvgIpc) is 2.74. The van der Waals surface area contributed by atoms with Crippen LogP contribution in [0.1, 0.15) is 10.4 Å². The summed E-state index contributed by atoms with van der Waals surface area (Å²) in [4.78, 5) is 19.3. The third-order valence-corrected chi connectivity index (χ3v) is 7.02. The van der Waals surface area contributed by atoms with Gasteiger partial charge in [0, 0.05) is 49.0 Å². The molecular formula is C21H22N4O3S. The highest BCUT2D eigenvalue weighted by Gasteiger charge is 2.27. The number of rotatable bonds is 4. The Morgan fingerprint density at radius 3 is 2.41 bits per heavy atom. The van der Waals surface area contributed by atoms with E-state index in [-0.39, 0.29) is 10.8 Å². The van der Waals surface area contributed by atoms with Crippen LogP contribution in [-0.2, 0) is 10.0 Å². The zero-order valence-corrected chi connectivity index (χ0v) is 16.9. The summed E-state index contributed by atoms with van der Waals surface area (Å²) in [7, 11) is -1.55. The summed E-state index contributed by atoms with van der Waals surface area (Å²) in [6.45, 7) is 2.39. The highest BCUT2D eigenvalue weighted by Crippen LogP contribution is 2.21. The third kappa shape index (κ3) is 4.00. The number of pyridine rings is 1. The predicted octanol–water partition coefficient (Wildman–Crippen LogP) is 2.42. The fourth-order valence-corrected chi connectivity index (χ4v) is 4.81. The Balaban J connectivity index is 1.51. The lowest BCUT2D eigenvalue weighted by Gasteiger charge is -2.31. The molecule has 0 bridgehead atoms. The first-order chi connectivity index (χ1) is 13.9. The summed E-state index contributed by atoms with van der Waals surface area (Å²) in [5.41, 5.74) is 1.80. The number of aromatic nitrogens is 1. The van der Waals surface area contributed by atoms with Gasteiger partial charge in [-0.1, -0.05) is 12.1 Å². The lowest BCUT2D eigenvalue weighted by Crippen LogP contribution is -2.46. The molecule has 29 heavy (non-hydrogen) atoms. The average molecular weight is 410 g/mol. The molecule has 4 rings (SSSR count). The molecule has 0 radical (unpaired) electrons. The summed E-state index contributed by atoms with van der Waals surface area (Å²) < 4.78 is 27.1. The molecule has 1 amide bonds. The number of piperazine rings is 1. The van der Waals surface area contributed by atoms with E-state index in [0.29, 0.717) is 37.4 Å². The van der Waals surface area contributed by atoms with Gasteiger partial charge in [-0.15, -0.1) is 0 Å². The van der Waals surface area contributed by atoms with Crippen LogP contribution in [0, 0.1) is 0 Å². The number of carbonyl (C=O) groups is 1. The van der Waals surface area contributed by atoms with Crippen LogP contribution in [-0.4, -0.2) is 61.7 Å². The molecule has 1 aliphatic rings. The monoisotopic (exact) mass is 410 g/mol. The number of anilines is 1. The van der Waals surface area contributed by atoms with Gasteiger partial charge >= 0.3 is 0 Å². The van der Waals surface area contributed by atoms with Gasteiger partial charge in [0.05, 0.1) is 10.4 Å². The lowest BCUT2D eigenvalue weighted by molar-refractivity contribution is 0.102. The van der Waals surface area contributed by atoms with E-state index in [4.69, 9.17) is 0 Å². The molecule has 8 heteroatoms. The Morgan fingerprint density at radius 2 is 1.69 bits per heavy atom. The first-order valence-corrected chi connectivity index (χ1v) is 10.8. The highest BCUT2D eigenvalue weighted by molar-refractivity contribution is 7.89. The van der Waals surface area contributed by atoms with Gasteiger partial charge in [0.1, 0.15) is 0 Å². The molecule has 1 saturated heterocycles. The maximum atomic E-state index is 12.8. The van der Waals surface area contributed by atoms with Gasteiger partial charge in [-0.2, -0.15) is 4.31 Å². The van der Waals surface area contributed by atoms with Gasteiger partial charge in [0.15, 0.2) is 0 Å². The van der Waals surface area contributed by atoms with E-state index in [1.54, 1.807) is 36.5 Å². The first kappa shape index (κ1) is 19.5. The van der Waals surface area contributed by atoms with Crippen LogP contribution in [0.2, 0.25) is 0 Å². The number of amides is 1. The Hall–Kier alpha value is -2.81. The summed E-state index contributed by atoms with van der Waals surface area (Å²) in [6, 6.07) is 15.3.